The Morgan fingerprint density at radius 2 is 0.889 bits per heavy atom. The SMILES string of the molecule is O=S(=O)([O-])OOS(=O)(=O)[O-].O=S([O-])[O-].[K+].[K+].[Na+].[Na+]. The van der Waals surface area contributed by atoms with Gasteiger partial charge < -0.3 is 18.2 Å². The van der Waals surface area contributed by atoms with Crippen LogP contribution >= 0.6 is 0 Å². The summed E-state index contributed by atoms with van der Waals surface area (Å²) in [6, 6.07) is 0. The van der Waals surface area contributed by atoms with Crippen LogP contribution in [0.25, 0.3) is 0 Å². The minimum Gasteiger partial charge on any atom is -0.784 e. The second kappa shape index (κ2) is 20.1. The van der Waals surface area contributed by atoms with Crippen molar-refractivity contribution >= 4 is 32.2 Å². The Bertz CT molecular complexity index is 335. The summed E-state index contributed by atoms with van der Waals surface area (Å²) in [5, 5.41) is 0. The van der Waals surface area contributed by atoms with Crippen molar-refractivity contribution in [3.63, 3.8) is 0 Å². The molecule has 0 N–H and O–H groups in total. The fraction of sp³-hybridized carbons (Fsp3) is 0. The average molecular weight is 396 g/mol. The van der Waals surface area contributed by atoms with Gasteiger partial charge in [0.05, 0.1) is 0 Å². The maximum absolute atomic E-state index is 9.37. The molecule has 0 fully saturated rings. The van der Waals surface area contributed by atoms with E-state index in [2.05, 4.69) is 8.67 Å². The van der Waals surface area contributed by atoms with Gasteiger partial charge in [-0.2, -0.15) is 0 Å². The molecule has 0 saturated heterocycles. The van der Waals surface area contributed by atoms with Crippen LogP contribution < -0.4 is 162 Å². The first-order chi connectivity index (χ1) is 5.94. The number of hydrogen-bond acceptors (Lipinski definition) is 11. The minimum atomic E-state index is -5.31. The van der Waals surface area contributed by atoms with Crippen molar-refractivity contribution < 1.29 is 210 Å². The van der Waals surface area contributed by atoms with Crippen molar-refractivity contribution in [1.82, 2.24) is 0 Å². The summed E-state index contributed by atoms with van der Waals surface area (Å²) in [6.45, 7) is 0. The monoisotopic (exact) mass is 396 g/mol. The molecule has 11 nitrogen and oxygen atoms in total. The molecule has 88 valence electrons. The van der Waals surface area contributed by atoms with Crippen LogP contribution in [0.15, 0.2) is 0 Å². The van der Waals surface area contributed by atoms with E-state index in [1.54, 1.807) is 0 Å². The maximum atomic E-state index is 9.37. The van der Waals surface area contributed by atoms with Crippen LogP contribution in [0, 0.1) is 0 Å². The van der Waals surface area contributed by atoms with E-state index in [4.69, 9.17) is 13.3 Å². The van der Waals surface area contributed by atoms with Gasteiger partial charge in [0, 0.05) is 0 Å². The van der Waals surface area contributed by atoms with Gasteiger partial charge in [0.1, 0.15) is 0 Å². The molecule has 0 amide bonds. The number of hydrogen-bond donors (Lipinski definition) is 0. The van der Waals surface area contributed by atoms with Crippen LogP contribution in [0.3, 0.4) is 0 Å². The topological polar surface area (TPSA) is 196 Å². The van der Waals surface area contributed by atoms with E-state index < -0.39 is 32.2 Å². The molecule has 0 rings (SSSR count). The Kier molecular flexibility index (Phi) is 43.1. The van der Waals surface area contributed by atoms with Crippen molar-refractivity contribution in [3.05, 3.63) is 0 Å². The second-order valence-corrected chi connectivity index (χ2v) is 3.47. The van der Waals surface area contributed by atoms with Gasteiger partial charge in [-0.15, -0.1) is 20.0 Å². The Morgan fingerprint density at radius 1 is 0.778 bits per heavy atom. The molecule has 0 aliphatic heterocycles. The van der Waals surface area contributed by atoms with Gasteiger partial charge in [0.25, 0.3) is 0 Å². The molecule has 0 aliphatic carbocycles. The first kappa shape index (κ1) is 38.6. The molecule has 0 heterocycles. The first-order valence-electron chi connectivity index (χ1n) is 2.00. The predicted octanol–water partition coefficient (Wildman–Crippen LogP) is -15.1. The summed E-state index contributed by atoms with van der Waals surface area (Å²) < 4.78 is 86.8. The standard InChI is InChI=1S/2K.2Na.H2O8S2.H2O3S/c;;;;1-9(2,3)7-8-10(4,5)6;1-4(2)3/h;;;;(H,1,2,3)(H,4,5,6);(H2,1,2,3)/q4*+1;;/p-4. The molecule has 0 atom stereocenters. The van der Waals surface area contributed by atoms with E-state index in [9.17, 15) is 25.9 Å². The molecular weight excluding hydrogens is 396 g/mol. The van der Waals surface area contributed by atoms with Crippen LogP contribution in [0.4, 0.5) is 0 Å². The van der Waals surface area contributed by atoms with E-state index in [0.29, 0.717) is 0 Å². The molecule has 0 radical (unpaired) electrons. The van der Waals surface area contributed by atoms with E-state index in [-0.39, 0.29) is 162 Å². The summed E-state index contributed by atoms with van der Waals surface area (Å²) in [6.07, 6.45) is 0. The predicted molar refractivity (Wildman–Crippen MR) is 31.3 cm³/mol. The summed E-state index contributed by atoms with van der Waals surface area (Å²) in [4.78, 5) is 0. The fourth-order valence-electron chi connectivity index (χ4n) is 0.0680. The van der Waals surface area contributed by atoms with Crippen LogP contribution in [0.5, 0.6) is 0 Å². The molecule has 18 heavy (non-hydrogen) atoms. The molecule has 0 aliphatic rings. The summed E-state index contributed by atoms with van der Waals surface area (Å²) in [7, 11) is -10.6. The summed E-state index contributed by atoms with van der Waals surface area (Å²) >= 11 is -3.11. The molecule has 0 aromatic rings. The Hall–Kier alpha value is 5.08. The second-order valence-electron chi connectivity index (χ2n) is 1.16. The fourth-order valence-corrected chi connectivity index (χ4v) is 0.612. The largest absolute Gasteiger partial charge is 1.00 e. The Morgan fingerprint density at radius 3 is 0.944 bits per heavy atom. The normalized spacial score (nSPS) is 9.39. The van der Waals surface area contributed by atoms with E-state index in [0.717, 1.165) is 0 Å². The van der Waals surface area contributed by atoms with Crippen molar-refractivity contribution in [2.45, 2.75) is 0 Å². The smallest absolute Gasteiger partial charge is 0.784 e. The van der Waals surface area contributed by atoms with Gasteiger partial charge in [-0.3, -0.25) is 4.21 Å². The van der Waals surface area contributed by atoms with Gasteiger partial charge in [-0.25, -0.2) is 16.8 Å². The Labute approximate surface area is 235 Å². The first-order valence-corrected chi connectivity index (χ1v) is 5.67. The molecular formula is K2Na2O11S3. The average Bonchev–Trinajstić information content (AvgIpc) is 1.79. The molecule has 0 spiro atoms. The quantitative estimate of drug-likeness (QED) is 0.110. The van der Waals surface area contributed by atoms with Crippen LogP contribution in [0.1, 0.15) is 0 Å². The van der Waals surface area contributed by atoms with E-state index in [1.165, 1.54) is 0 Å². The van der Waals surface area contributed by atoms with Crippen LogP contribution in [-0.2, 0) is 40.8 Å². The maximum Gasteiger partial charge on any atom is 1.00 e. The molecule has 18 heteroatoms. The molecule has 0 bridgehead atoms. The zero-order valence-corrected chi connectivity index (χ0v) is 22.4. The molecule has 0 aromatic carbocycles. The third kappa shape index (κ3) is 58.2. The van der Waals surface area contributed by atoms with Crippen molar-refractivity contribution in [3.8, 4) is 0 Å². The van der Waals surface area contributed by atoms with Gasteiger partial charge >= 0.3 is 162 Å². The van der Waals surface area contributed by atoms with Gasteiger partial charge in [0.2, 0.25) is 20.8 Å². The molecule has 0 unspecified atom stereocenters. The summed E-state index contributed by atoms with van der Waals surface area (Å²) in [5.41, 5.74) is 0. The van der Waals surface area contributed by atoms with E-state index >= 15 is 0 Å². The van der Waals surface area contributed by atoms with Gasteiger partial charge in [0.15, 0.2) is 0 Å². The van der Waals surface area contributed by atoms with Crippen molar-refractivity contribution in [2.24, 2.45) is 0 Å². The van der Waals surface area contributed by atoms with Crippen LogP contribution in [0.2, 0.25) is 0 Å². The molecule has 0 aromatic heterocycles. The minimum absolute atomic E-state index is 0. The molecule has 0 saturated carbocycles. The zero-order chi connectivity index (χ0) is 12.0. The van der Waals surface area contributed by atoms with Crippen LogP contribution in [-0.4, -0.2) is 39.3 Å². The third-order valence-electron chi connectivity index (χ3n) is 0.194. The summed E-state index contributed by atoms with van der Waals surface area (Å²) in [5.74, 6) is 0. The van der Waals surface area contributed by atoms with E-state index in [1.807, 2.05) is 0 Å². The zero-order valence-electron chi connectivity index (χ0n) is 9.72. The van der Waals surface area contributed by atoms with Crippen molar-refractivity contribution in [2.75, 3.05) is 0 Å². The Balaban J connectivity index is -0.0000000402. The van der Waals surface area contributed by atoms with Gasteiger partial charge in [-0.1, -0.05) is 0 Å². The van der Waals surface area contributed by atoms with Gasteiger partial charge in [-0.05, 0) is 0 Å². The number of rotatable bonds is 3. The van der Waals surface area contributed by atoms with Crippen molar-refractivity contribution in [1.29, 1.82) is 0 Å². The third-order valence-corrected chi connectivity index (χ3v) is 0.750.